The Kier molecular flexibility index (Phi) is 3.77. The van der Waals surface area contributed by atoms with Gasteiger partial charge in [-0.05, 0) is 29.8 Å². The van der Waals surface area contributed by atoms with Crippen molar-refractivity contribution in [3.8, 4) is 10.4 Å². The average molecular weight is 289 g/mol. The second-order valence-corrected chi connectivity index (χ2v) is 6.36. The third-order valence-electron chi connectivity index (χ3n) is 3.06. The topological polar surface area (TPSA) is 40.7 Å². The molecule has 0 aliphatic rings. The van der Waals surface area contributed by atoms with Gasteiger partial charge in [-0.25, -0.2) is 0 Å². The molecule has 0 aliphatic heterocycles. The van der Waals surface area contributed by atoms with Crippen LogP contribution in [-0.2, 0) is 6.54 Å². The van der Waals surface area contributed by atoms with E-state index in [4.69, 9.17) is 0 Å². The predicted octanol–water partition coefficient (Wildman–Crippen LogP) is 4.05. The molecule has 0 saturated carbocycles. The fraction of sp³-hybridized carbons (Fsp3) is 0.214. The maximum absolute atomic E-state index is 3.98. The first kappa shape index (κ1) is 12.6. The molecule has 19 heavy (non-hydrogen) atoms. The molecule has 3 aromatic heterocycles. The largest absolute Gasteiger partial charge is 0.305 e. The van der Waals surface area contributed by atoms with Crippen molar-refractivity contribution < 1.29 is 0 Å². The van der Waals surface area contributed by atoms with Gasteiger partial charge in [0, 0.05) is 39.7 Å². The Labute approximate surface area is 120 Å². The van der Waals surface area contributed by atoms with Gasteiger partial charge in [-0.3, -0.25) is 5.10 Å². The zero-order valence-corrected chi connectivity index (χ0v) is 12.2. The molecular weight excluding hydrogens is 274 g/mol. The first-order chi connectivity index (χ1) is 9.33. The molecule has 0 amide bonds. The lowest BCUT2D eigenvalue weighted by Crippen LogP contribution is -2.16. The molecule has 1 atom stereocenters. The van der Waals surface area contributed by atoms with E-state index < -0.39 is 0 Å². The molecule has 98 valence electrons. The maximum Gasteiger partial charge on any atom is 0.0534 e. The minimum atomic E-state index is 0.311. The molecule has 2 N–H and O–H groups in total. The summed E-state index contributed by atoms with van der Waals surface area (Å²) >= 11 is 3.59. The minimum Gasteiger partial charge on any atom is -0.305 e. The van der Waals surface area contributed by atoms with Crippen molar-refractivity contribution in [3.63, 3.8) is 0 Å². The minimum absolute atomic E-state index is 0.311. The SMILES string of the molecule is CC(NCc1cc(-c2cccs2)cs1)c1cn[nH]c1. The summed E-state index contributed by atoms with van der Waals surface area (Å²) in [5.41, 5.74) is 2.52. The van der Waals surface area contributed by atoms with Crippen LogP contribution in [0.2, 0.25) is 0 Å². The number of aromatic amines is 1. The number of H-pyrrole nitrogens is 1. The summed E-state index contributed by atoms with van der Waals surface area (Å²) < 4.78 is 0. The maximum atomic E-state index is 3.98. The standard InChI is InChI=1S/C14H15N3S2/c1-10(12-6-16-17-7-12)15-8-13-5-11(9-19-13)14-3-2-4-18-14/h2-7,9-10,15H,8H2,1H3,(H,16,17). The van der Waals surface area contributed by atoms with Crippen LogP contribution in [-0.4, -0.2) is 10.2 Å². The summed E-state index contributed by atoms with van der Waals surface area (Å²) in [7, 11) is 0. The molecule has 0 aliphatic carbocycles. The highest BCUT2D eigenvalue weighted by molar-refractivity contribution is 7.14. The number of nitrogens with one attached hydrogen (secondary N) is 2. The molecule has 3 rings (SSSR count). The molecule has 5 heteroatoms. The zero-order valence-electron chi connectivity index (χ0n) is 10.6. The van der Waals surface area contributed by atoms with Crippen molar-refractivity contribution in [2.75, 3.05) is 0 Å². The lowest BCUT2D eigenvalue weighted by atomic mass is 10.2. The molecular formula is C14H15N3S2. The summed E-state index contributed by atoms with van der Waals surface area (Å²) in [5.74, 6) is 0. The van der Waals surface area contributed by atoms with Gasteiger partial charge in [0.1, 0.15) is 0 Å². The van der Waals surface area contributed by atoms with E-state index in [-0.39, 0.29) is 0 Å². The molecule has 0 aromatic carbocycles. The van der Waals surface area contributed by atoms with Crippen molar-refractivity contribution >= 4 is 22.7 Å². The van der Waals surface area contributed by atoms with Crippen LogP contribution < -0.4 is 5.32 Å². The summed E-state index contributed by atoms with van der Waals surface area (Å²) in [6.07, 6.45) is 3.80. The van der Waals surface area contributed by atoms with Crippen LogP contribution in [0.15, 0.2) is 41.4 Å². The van der Waals surface area contributed by atoms with E-state index >= 15 is 0 Å². The molecule has 0 radical (unpaired) electrons. The molecule has 3 aromatic rings. The summed E-state index contributed by atoms with van der Waals surface area (Å²) in [4.78, 5) is 2.70. The van der Waals surface area contributed by atoms with E-state index in [9.17, 15) is 0 Å². The van der Waals surface area contributed by atoms with E-state index in [1.165, 1.54) is 20.9 Å². The molecule has 1 unspecified atom stereocenters. The van der Waals surface area contributed by atoms with Gasteiger partial charge in [0.05, 0.1) is 6.20 Å². The Hall–Kier alpha value is -1.43. The molecule has 0 bridgehead atoms. The van der Waals surface area contributed by atoms with E-state index in [1.807, 2.05) is 23.7 Å². The monoisotopic (exact) mass is 289 g/mol. The number of nitrogens with zero attached hydrogens (tertiary/aromatic N) is 1. The smallest absolute Gasteiger partial charge is 0.0534 e. The number of aromatic nitrogens is 2. The first-order valence-corrected chi connectivity index (χ1v) is 7.92. The van der Waals surface area contributed by atoms with Gasteiger partial charge < -0.3 is 5.32 Å². The van der Waals surface area contributed by atoms with Gasteiger partial charge >= 0.3 is 0 Å². The number of hydrogen-bond acceptors (Lipinski definition) is 4. The van der Waals surface area contributed by atoms with Crippen molar-refractivity contribution in [2.24, 2.45) is 0 Å². The highest BCUT2D eigenvalue weighted by Crippen LogP contribution is 2.29. The highest BCUT2D eigenvalue weighted by atomic mass is 32.1. The first-order valence-electron chi connectivity index (χ1n) is 6.16. The molecule has 0 fully saturated rings. The quantitative estimate of drug-likeness (QED) is 0.744. The number of hydrogen-bond donors (Lipinski definition) is 2. The summed E-state index contributed by atoms with van der Waals surface area (Å²) in [6.45, 7) is 3.04. The van der Waals surface area contributed by atoms with Crippen LogP contribution in [0.25, 0.3) is 10.4 Å². The van der Waals surface area contributed by atoms with Crippen molar-refractivity contribution in [1.82, 2.24) is 15.5 Å². The van der Waals surface area contributed by atoms with Gasteiger partial charge in [-0.2, -0.15) is 5.10 Å². The third kappa shape index (κ3) is 2.94. The van der Waals surface area contributed by atoms with Gasteiger partial charge in [0.25, 0.3) is 0 Å². The average Bonchev–Trinajstić information content (AvgIpc) is 3.14. The van der Waals surface area contributed by atoms with E-state index in [0.29, 0.717) is 6.04 Å². The Morgan fingerprint density at radius 3 is 3.11 bits per heavy atom. The van der Waals surface area contributed by atoms with Crippen LogP contribution >= 0.6 is 22.7 Å². The van der Waals surface area contributed by atoms with E-state index in [2.05, 4.69) is 51.4 Å². The van der Waals surface area contributed by atoms with Crippen LogP contribution in [0.5, 0.6) is 0 Å². The molecule has 0 saturated heterocycles. The Balaban J connectivity index is 1.62. The van der Waals surface area contributed by atoms with Crippen LogP contribution in [0, 0.1) is 0 Å². The Morgan fingerprint density at radius 2 is 2.37 bits per heavy atom. The van der Waals surface area contributed by atoms with Crippen LogP contribution in [0.4, 0.5) is 0 Å². The lowest BCUT2D eigenvalue weighted by Gasteiger charge is -2.10. The van der Waals surface area contributed by atoms with Gasteiger partial charge in [-0.15, -0.1) is 22.7 Å². The Bertz CT molecular complexity index is 611. The predicted molar refractivity (Wildman–Crippen MR) is 81.5 cm³/mol. The van der Waals surface area contributed by atoms with E-state index in [1.54, 1.807) is 11.3 Å². The van der Waals surface area contributed by atoms with E-state index in [0.717, 1.165) is 6.54 Å². The fourth-order valence-electron chi connectivity index (χ4n) is 1.91. The zero-order chi connectivity index (χ0) is 13.1. The molecule has 3 heterocycles. The Morgan fingerprint density at radius 1 is 1.42 bits per heavy atom. The second-order valence-electron chi connectivity index (χ2n) is 4.41. The second kappa shape index (κ2) is 5.69. The molecule has 3 nitrogen and oxygen atoms in total. The number of thiophene rings is 2. The number of rotatable bonds is 5. The van der Waals surface area contributed by atoms with Crippen LogP contribution in [0.1, 0.15) is 23.4 Å². The van der Waals surface area contributed by atoms with Gasteiger partial charge in [-0.1, -0.05) is 6.07 Å². The summed E-state index contributed by atoms with van der Waals surface area (Å²) in [5, 5.41) is 14.7. The van der Waals surface area contributed by atoms with Crippen molar-refractivity contribution in [2.45, 2.75) is 19.5 Å². The fourth-order valence-corrected chi connectivity index (χ4v) is 3.54. The van der Waals surface area contributed by atoms with Crippen molar-refractivity contribution in [1.29, 1.82) is 0 Å². The highest BCUT2D eigenvalue weighted by Gasteiger charge is 2.07. The third-order valence-corrected chi connectivity index (χ3v) is 4.92. The normalized spacial score (nSPS) is 12.7. The lowest BCUT2D eigenvalue weighted by molar-refractivity contribution is 0.579. The summed E-state index contributed by atoms with van der Waals surface area (Å²) in [6, 6.07) is 6.84. The van der Waals surface area contributed by atoms with Gasteiger partial charge in [0.15, 0.2) is 0 Å². The van der Waals surface area contributed by atoms with Crippen molar-refractivity contribution in [3.05, 3.63) is 51.8 Å². The molecule has 0 spiro atoms. The van der Waals surface area contributed by atoms with Crippen LogP contribution in [0.3, 0.4) is 0 Å². The van der Waals surface area contributed by atoms with Gasteiger partial charge in [0.2, 0.25) is 0 Å².